The van der Waals surface area contributed by atoms with E-state index in [1.54, 1.807) is 16.2 Å². The average molecular weight is 508 g/mol. The van der Waals surface area contributed by atoms with E-state index in [2.05, 4.69) is 18.3 Å². The molecule has 2 aromatic carbocycles. The Hall–Kier alpha value is -3.52. The lowest BCUT2D eigenvalue weighted by Crippen LogP contribution is -2.48. The van der Waals surface area contributed by atoms with Gasteiger partial charge in [-0.1, -0.05) is 31.2 Å². The Morgan fingerprint density at radius 1 is 1.03 bits per heavy atom. The van der Waals surface area contributed by atoms with E-state index in [0.29, 0.717) is 24.6 Å². The number of fused-ring (bicyclic) bond motifs is 1. The number of carbonyl (C=O) groups excluding carboxylic acids is 2. The number of thiophene rings is 1. The average Bonchev–Trinajstić information content (AvgIpc) is 3.51. The van der Waals surface area contributed by atoms with Gasteiger partial charge in [0.15, 0.2) is 11.5 Å². The molecule has 36 heavy (non-hydrogen) atoms. The van der Waals surface area contributed by atoms with Gasteiger partial charge in [0.2, 0.25) is 12.7 Å². The summed E-state index contributed by atoms with van der Waals surface area (Å²) in [6.07, 6.45) is 0.737. The number of ether oxygens (including phenoxy) is 2. The Bertz CT molecular complexity index is 1230. The van der Waals surface area contributed by atoms with Crippen LogP contribution in [0.1, 0.15) is 41.8 Å². The van der Waals surface area contributed by atoms with Crippen molar-refractivity contribution in [2.24, 2.45) is 0 Å². The normalized spacial score (nSPS) is 12.8. The van der Waals surface area contributed by atoms with E-state index in [1.165, 1.54) is 0 Å². The van der Waals surface area contributed by atoms with Gasteiger partial charge in [-0.05, 0) is 73.5 Å². The third-order valence-corrected chi connectivity index (χ3v) is 7.55. The summed E-state index contributed by atoms with van der Waals surface area (Å²) >= 11 is 1.63. The molecule has 0 radical (unpaired) electrons. The lowest BCUT2D eigenvalue weighted by atomic mass is 10.1. The molecule has 1 aromatic heterocycles. The number of aryl methyl sites for hydroxylation is 2. The van der Waals surface area contributed by atoms with E-state index in [4.69, 9.17) is 9.47 Å². The van der Waals surface area contributed by atoms with Crippen LogP contribution in [0.25, 0.3) is 0 Å². The molecule has 7 nitrogen and oxygen atoms in total. The largest absolute Gasteiger partial charge is 0.454 e. The molecule has 0 spiro atoms. The lowest BCUT2D eigenvalue weighted by Gasteiger charge is -2.31. The van der Waals surface area contributed by atoms with Crippen molar-refractivity contribution in [2.45, 2.75) is 53.2 Å². The van der Waals surface area contributed by atoms with Gasteiger partial charge in [-0.15, -0.1) is 11.3 Å². The Labute approximate surface area is 216 Å². The van der Waals surface area contributed by atoms with E-state index >= 15 is 0 Å². The van der Waals surface area contributed by atoms with Crippen molar-refractivity contribution in [3.63, 3.8) is 0 Å². The minimum absolute atomic E-state index is 0.0122. The Morgan fingerprint density at radius 2 is 1.81 bits per heavy atom. The first-order valence-electron chi connectivity index (χ1n) is 12.2. The van der Waals surface area contributed by atoms with Gasteiger partial charge in [0.05, 0.1) is 6.54 Å². The first kappa shape index (κ1) is 25.6. The molecule has 8 heteroatoms. The highest BCUT2D eigenvalue weighted by molar-refractivity contribution is 7.10. The maximum Gasteiger partial charge on any atom is 0.322 e. The van der Waals surface area contributed by atoms with Crippen LogP contribution in [-0.4, -0.2) is 41.1 Å². The van der Waals surface area contributed by atoms with Gasteiger partial charge in [-0.2, -0.15) is 0 Å². The topological polar surface area (TPSA) is 71.1 Å². The predicted octanol–water partition coefficient (Wildman–Crippen LogP) is 5.96. The van der Waals surface area contributed by atoms with Crippen LogP contribution in [0.4, 0.5) is 10.5 Å². The van der Waals surface area contributed by atoms with Crippen LogP contribution in [-0.2, 0) is 17.9 Å². The number of carbonyl (C=O) groups is 2. The van der Waals surface area contributed by atoms with Crippen LogP contribution in [0.3, 0.4) is 0 Å². The third kappa shape index (κ3) is 5.99. The number of benzene rings is 2. The molecule has 3 amide bonds. The SMILES string of the molecule is CCC(C)N(CC(=O)N(Cc1ccc2c(c1)OCO2)Cc1sccc1C)C(=O)Nc1ccccc1C. The fourth-order valence-corrected chi connectivity index (χ4v) is 4.95. The standard InChI is InChI=1S/C28H33N3O4S/c1-5-21(4)31(28(33)29-23-9-7-6-8-19(23)2)17-27(32)30(16-26-20(3)12-13-36-26)15-22-10-11-24-25(14-22)35-18-34-24/h6-14,21H,5,15-18H2,1-4H3,(H,29,33). The molecule has 0 saturated carbocycles. The van der Waals surface area contributed by atoms with Gasteiger partial charge >= 0.3 is 6.03 Å². The number of nitrogens with one attached hydrogen (secondary N) is 1. The molecule has 1 aliphatic rings. The zero-order valence-electron chi connectivity index (χ0n) is 21.2. The quantitative estimate of drug-likeness (QED) is 0.388. The fraction of sp³-hybridized carbons (Fsp3) is 0.357. The number of hydrogen-bond donors (Lipinski definition) is 1. The maximum absolute atomic E-state index is 13.7. The number of anilines is 1. The van der Waals surface area contributed by atoms with Crippen molar-refractivity contribution in [3.8, 4) is 11.5 Å². The summed E-state index contributed by atoms with van der Waals surface area (Å²) in [7, 11) is 0. The number of para-hydroxylation sites is 1. The molecule has 0 saturated heterocycles. The van der Waals surface area contributed by atoms with Crippen molar-refractivity contribution in [1.82, 2.24) is 9.80 Å². The summed E-state index contributed by atoms with van der Waals surface area (Å²) in [6.45, 7) is 9.06. The molecule has 190 valence electrons. The van der Waals surface area contributed by atoms with Gasteiger partial charge in [0, 0.05) is 23.2 Å². The van der Waals surface area contributed by atoms with E-state index in [1.807, 2.05) is 73.5 Å². The maximum atomic E-state index is 13.7. The van der Waals surface area contributed by atoms with Crippen LogP contribution in [0.2, 0.25) is 0 Å². The molecule has 0 fully saturated rings. The molecule has 0 aliphatic carbocycles. The molecule has 0 bridgehead atoms. The number of amides is 3. The minimum Gasteiger partial charge on any atom is -0.454 e. The van der Waals surface area contributed by atoms with Crippen LogP contribution in [0, 0.1) is 13.8 Å². The van der Waals surface area contributed by atoms with E-state index in [0.717, 1.165) is 33.7 Å². The first-order valence-corrected chi connectivity index (χ1v) is 13.1. The second-order valence-electron chi connectivity index (χ2n) is 9.09. The fourth-order valence-electron chi connectivity index (χ4n) is 4.03. The van der Waals surface area contributed by atoms with Gasteiger partial charge in [0.25, 0.3) is 0 Å². The van der Waals surface area contributed by atoms with E-state index in [9.17, 15) is 9.59 Å². The van der Waals surface area contributed by atoms with Gasteiger partial charge in [-0.25, -0.2) is 4.79 Å². The molecule has 1 atom stereocenters. The van der Waals surface area contributed by atoms with Gasteiger partial charge in [-0.3, -0.25) is 4.79 Å². The van der Waals surface area contributed by atoms with Gasteiger partial charge < -0.3 is 24.6 Å². The molecule has 1 unspecified atom stereocenters. The number of hydrogen-bond acceptors (Lipinski definition) is 5. The third-order valence-electron chi connectivity index (χ3n) is 6.54. The molecule has 4 rings (SSSR count). The number of nitrogens with zero attached hydrogens (tertiary/aromatic N) is 2. The van der Waals surface area contributed by atoms with Crippen LogP contribution in [0.5, 0.6) is 11.5 Å². The summed E-state index contributed by atoms with van der Waals surface area (Å²) in [5, 5.41) is 5.03. The predicted molar refractivity (Wildman–Crippen MR) is 143 cm³/mol. The highest BCUT2D eigenvalue weighted by atomic mass is 32.1. The highest BCUT2D eigenvalue weighted by Crippen LogP contribution is 2.33. The van der Waals surface area contributed by atoms with Crippen molar-refractivity contribution in [2.75, 3.05) is 18.7 Å². The smallest absolute Gasteiger partial charge is 0.322 e. The molecular formula is C28H33N3O4S. The van der Waals surface area contributed by atoms with Crippen molar-refractivity contribution in [1.29, 1.82) is 0 Å². The van der Waals surface area contributed by atoms with Crippen molar-refractivity contribution in [3.05, 3.63) is 75.5 Å². The Kier molecular flexibility index (Phi) is 8.15. The zero-order valence-corrected chi connectivity index (χ0v) is 22.1. The first-order chi connectivity index (χ1) is 17.4. The highest BCUT2D eigenvalue weighted by Gasteiger charge is 2.26. The summed E-state index contributed by atoms with van der Waals surface area (Å²) in [5.41, 5.74) is 3.81. The zero-order chi connectivity index (χ0) is 25.7. The second-order valence-corrected chi connectivity index (χ2v) is 10.1. The second kappa shape index (κ2) is 11.5. The molecule has 1 aliphatic heterocycles. The van der Waals surface area contributed by atoms with Crippen LogP contribution < -0.4 is 14.8 Å². The Balaban J connectivity index is 1.55. The summed E-state index contributed by atoms with van der Waals surface area (Å²) < 4.78 is 11.0. The van der Waals surface area contributed by atoms with Gasteiger partial charge in [0.1, 0.15) is 6.54 Å². The Morgan fingerprint density at radius 3 is 2.53 bits per heavy atom. The van der Waals surface area contributed by atoms with Crippen molar-refractivity contribution < 1.29 is 19.1 Å². The summed E-state index contributed by atoms with van der Waals surface area (Å²) in [5.74, 6) is 1.29. The van der Waals surface area contributed by atoms with Crippen LogP contribution in [0.15, 0.2) is 53.9 Å². The van der Waals surface area contributed by atoms with E-state index < -0.39 is 0 Å². The summed E-state index contributed by atoms with van der Waals surface area (Å²) in [4.78, 5) is 31.6. The van der Waals surface area contributed by atoms with E-state index in [-0.39, 0.29) is 31.3 Å². The molecule has 1 N–H and O–H groups in total. The summed E-state index contributed by atoms with van der Waals surface area (Å²) in [6, 6.07) is 15.1. The van der Waals surface area contributed by atoms with Crippen LogP contribution >= 0.6 is 11.3 Å². The number of rotatable bonds is 9. The number of urea groups is 1. The minimum atomic E-state index is -0.276. The molecular weight excluding hydrogens is 474 g/mol. The molecule has 2 heterocycles. The van der Waals surface area contributed by atoms with Crippen molar-refractivity contribution >= 4 is 29.0 Å². The monoisotopic (exact) mass is 507 g/mol. The molecule has 3 aromatic rings. The lowest BCUT2D eigenvalue weighted by molar-refractivity contribution is -0.133.